The standard InChI is InChI=1S/C16H22N2O3/c1-11(2)21-9-5-4-8-18-12(3)17-14-7-6-13(16(19)20)10-15(14)18/h6-7,10-11H,4-5,8-9H2,1-3H3,(H,19,20). The van der Waals surface area contributed by atoms with Gasteiger partial charge in [0.15, 0.2) is 0 Å². The zero-order valence-corrected chi connectivity index (χ0v) is 12.8. The van der Waals surface area contributed by atoms with Crippen LogP contribution in [0.4, 0.5) is 0 Å². The number of imidazole rings is 1. The summed E-state index contributed by atoms with van der Waals surface area (Å²) in [6.45, 7) is 7.59. The normalized spacial score (nSPS) is 11.4. The molecule has 0 radical (unpaired) electrons. The Hall–Kier alpha value is -1.88. The van der Waals surface area contributed by atoms with Crippen LogP contribution in [0.5, 0.6) is 0 Å². The monoisotopic (exact) mass is 290 g/mol. The summed E-state index contributed by atoms with van der Waals surface area (Å²) in [5.74, 6) is 0.00459. The molecular weight excluding hydrogens is 268 g/mol. The number of hydrogen-bond donors (Lipinski definition) is 1. The van der Waals surface area contributed by atoms with Gasteiger partial charge >= 0.3 is 5.97 Å². The van der Waals surface area contributed by atoms with E-state index in [9.17, 15) is 4.79 Å². The second-order valence-electron chi connectivity index (χ2n) is 5.45. The van der Waals surface area contributed by atoms with Gasteiger partial charge in [0.05, 0.1) is 22.7 Å². The number of carbonyl (C=O) groups is 1. The first-order valence-electron chi connectivity index (χ1n) is 7.31. The molecule has 2 aromatic rings. The molecule has 0 aliphatic carbocycles. The van der Waals surface area contributed by atoms with Crippen molar-refractivity contribution in [1.82, 2.24) is 9.55 Å². The molecule has 1 heterocycles. The van der Waals surface area contributed by atoms with Crippen molar-refractivity contribution in [1.29, 1.82) is 0 Å². The molecule has 0 bridgehead atoms. The number of unbranched alkanes of at least 4 members (excludes halogenated alkanes) is 1. The van der Waals surface area contributed by atoms with Crippen LogP contribution in [0.2, 0.25) is 0 Å². The van der Waals surface area contributed by atoms with Crippen LogP contribution in [0.15, 0.2) is 18.2 Å². The lowest BCUT2D eigenvalue weighted by Gasteiger charge is -2.09. The number of carboxylic acids is 1. The van der Waals surface area contributed by atoms with E-state index in [1.54, 1.807) is 18.2 Å². The fraction of sp³-hybridized carbons (Fsp3) is 0.500. The minimum atomic E-state index is -0.910. The topological polar surface area (TPSA) is 64.3 Å². The number of aromatic carboxylic acids is 1. The van der Waals surface area contributed by atoms with Crippen molar-refractivity contribution in [2.24, 2.45) is 0 Å². The maximum atomic E-state index is 11.1. The lowest BCUT2D eigenvalue weighted by Crippen LogP contribution is -2.06. The van der Waals surface area contributed by atoms with E-state index >= 15 is 0 Å². The van der Waals surface area contributed by atoms with E-state index in [-0.39, 0.29) is 6.10 Å². The molecule has 0 fully saturated rings. The molecule has 0 atom stereocenters. The Morgan fingerprint density at radius 1 is 1.38 bits per heavy atom. The summed E-state index contributed by atoms with van der Waals surface area (Å²) in [5.41, 5.74) is 2.03. The summed E-state index contributed by atoms with van der Waals surface area (Å²) in [7, 11) is 0. The van der Waals surface area contributed by atoms with Crippen LogP contribution in [0.3, 0.4) is 0 Å². The quantitative estimate of drug-likeness (QED) is 0.795. The first-order valence-corrected chi connectivity index (χ1v) is 7.31. The van der Waals surface area contributed by atoms with Crippen LogP contribution in [-0.4, -0.2) is 33.3 Å². The third-order valence-electron chi connectivity index (χ3n) is 3.41. The van der Waals surface area contributed by atoms with E-state index in [1.807, 2.05) is 20.8 Å². The maximum Gasteiger partial charge on any atom is 0.335 e. The van der Waals surface area contributed by atoms with E-state index in [1.165, 1.54) is 0 Å². The smallest absolute Gasteiger partial charge is 0.335 e. The van der Waals surface area contributed by atoms with Crippen molar-refractivity contribution in [3.8, 4) is 0 Å². The molecule has 5 nitrogen and oxygen atoms in total. The first-order chi connectivity index (χ1) is 9.99. The zero-order valence-electron chi connectivity index (χ0n) is 12.8. The Morgan fingerprint density at radius 3 is 2.81 bits per heavy atom. The highest BCUT2D eigenvalue weighted by Crippen LogP contribution is 2.18. The summed E-state index contributed by atoms with van der Waals surface area (Å²) in [6.07, 6.45) is 2.23. The number of hydrogen-bond acceptors (Lipinski definition) is 3. The fourth-order valence-corrected chi connectivity index (χ4v) is 2.35. The third-order valence-corrected chi connectivity index (χ3v) is 3.41. The highest BCUT2D eigenvalue weighted by atomic mass is 16.5. The van der Waals surface area contributed by atoms with Gasteiger partial charge < -0.3 is 14.4 Å². The van der Waals surface area contributed by atoms with Crippen molar-refractivity contribution in [2.45, 2.75) is 46.3 Å². The maximum absolute atomic E-state index is 11.1. The average Bonchev–Trinajstić information content (AvgIpc) is 2.73. The summed E-state index contributed by atoms with van der Waals surface area (Å²) in [6, 6.07) is 5.06. The largest absolute Gasteiger partial charge is 0.478 e. The molecule has 1 aromatic heterocycles. The fourth-order valence-electron chi connectivity index (χ4n) is 2.35. The van der Waals surface area contributed by atoms with Crippen molar-refractivity contribution < 1.29 is 14.6 Å². The number of nitrogens with zero attached hydrogens (tertiary/aromatic N) is 2. The highest BCUT2D eigenvalue weighted by molar-refractivity contribution is 5.92. The highest BCUT2D eigenvalue weighted by Gasteiger charge is 2.10. The van der Waals surface area contributed by atoms with Gasteiger partial charge in [-0.05, 0) is 51.8 Å². The summed E-state index contributed by atoms with van der Waals surface area (Å²) in [4.78, 5) is 15.6. The average molecular weight is 290 g/mol. The van der Waals surface area contributed by atoms with Crippen LogP contribution in [0.1, 0.15) is 42.9 Å². The zero-order chi connectivity index (χ0) is 15.4. The summed E-state index contributed by atoms with van der Waals surface area (Å²) in [5, 5.41) is 9.09. The van der Waals surface area contributed by atoms with Gasteiger partial charge in [-0.1, -0.05) is 0 Å². The van der Waals surface area contributed by atoms with Crippen LogP contribution >= 0.6 is 0 Å². The first kappa shape index (κ1) is 15.5. The number of aromatic nitrogens is 2. The Kier molecular flexibility index (Phi) is 4.96. The van der Waals surface area contributed by atoms with Crippen LogP contribution in [0, 0.1) is 6.92 Å². The SMILES string of the molecule is Cc1nc2ccc(C(=O)O)cc2n1CCCCOC(C)C. The van der Waals surface area contributed by atoms with Crippen LogP contribution in [0.25, 0.3) is 11.0 Å². The minimum absolute atomic E-state index is 0.263. The molecule has 5 heteroatoms. The molecule has 1 aromatic carbocycles. The predicted octanol–water partition coefficient (Wildman–Crippen LogP) is 3.25. The molecule has 0 amide bonds. The molecule has 114 valence electrons. The molecule has 0 saturated heterocycles. The molecule has 0 saturated carbocycles. The molecule has 0 aliphatic heterocycles. The molecule has 0 spiro atoms. The Balaban J connectivity index is 2.09. The van der Waals surface area contributed by atoms with E-state index in [4.69, 9.17) is 9.84 Å². The van der Waals surface area contributed by atoms with Gasteiger partial charge in [0.25, 0.3) is 0 Å². The van der Waals surface area contributed by atoms with Gasteiger partial charge in [-0.25, -0.2) is 9.78 Å². The van der Waals surface area contributed by atoms with E-state index in [0.717, 1.165) is 42.9 Å². The Bertz CT molecular complexity index is 632. The van der Waals surface area contributed by atoms with Crippen molar-refractivity contribution in [3.63, 3.8) is 0 Å². The lowest BCUT2D eigenvalue weighted by molar-refractivity contribution is 0.0697. The van der Waals surface area contributed by atoms with Crippen molar-refractivity contribution in [2.75, 3.05) is 6.61 Å². The van der Waals surface area contributed by atoms with Crippen molar-refractivity contribution in [3.05, 3.63) is 29.6 Å². The van der Waals surface area contributed by atoms with Gasteiger partial charge in [0.1, 0.15) is 5.82 Å². The molecule has 0 unspecified atom stereocenters. The summed E-state index contributed by atoms with van der Waals surface area (Å²) >= 11 is 0. The van der Waals surface area contributed by atoms with E-state index in [0.29, 0.717) is 5.56 Å². The Morgan fingerprint density at radius 2 is 2.14 bits per heavy atom. The summed E-state index contributed by atoms with van der Waals surface area (Å²) < 4.78 is 7.61. The molecule has 1 N–H and O–H groups in total. The van der Waals surface area contributed by atoms with Gasteiger partial charge in [-0.2, -0.15) is 0 Å². The van der Waals surface area contributed by atoms with Crippen LogP contribution < -0.4 is 0 Å². The van der Waals surface area contributed by atoms with Gasteiger partial charge in [-0.15, -0.1) is 0 Å². The second-order valence-corrected chi connectivity index (χ2v) is 5.45. The van der Waals surface area contributed by atoms with Crippen LogP contribution in [-0.2, 0) is 11.3 Å². The van der Waals surface area contributed by atoms with E-state index in [2.05, 4.69) is 9.55 Å². The molecular formula is C16H22N2O3. The number of ether oxygens (including phenoxy) is 1. The molecule has 21 heavy (non-hydrogen) atoms. The predicted molar refractivity (Wildman–Crippen MR) is 81.8 cm³/mol. The molecule has 0 aliphatic rings. The second kappa shape index (κ2) is 6.72. The van der Waals surface area contributed by atoms with Gasteiger partial charge in [-0.3, -0.25) is 0 Å². The number of benzene rings is 1. The third kappa shape index (κ3) is 3.82. The number of carboxylic acid groups (broad SMARTS) is 1. The van der Waals surface area contributed by atoms with Gasteiger partial charge in [0.2, 0.25) is 0 Å². The van der Waals surface area contributed by atoms with Crippen molar-refractivity contribution >= 4 is 17.0 Å². The number of rotatable bonds is 7. The lowest BCUT2D eigenvalue weighted by atomic mass is 10.2. The van der Waals surface area contributed by atoms with Gasteiger partial charge in [0, 0.05) is 13.2 Å². The molecule has 2 rings (SSSR count). The van der Waals surface area contributed by atoms with E-state index < -0.39 is 5.97 Å². The Labute approximate surface area is 124 Å². The number of fused-ring (bicyclic) bond motifs is 1. The number of aryl methyl sites for hydroxylation is 2. The minimum Gasteiger partial charge on any atom is -0.478 e.